The van der Waals surface area contributed by atoms with Gasteiger partial charge in [0.1, 0.15) is 5.92 Å². The number of hydrogen-bond acceptors (Lipinski definition) is 3. The first-order valence-electron chi connectivity index (χ1n) is 5.57. The molecule has 0 radical (unpaired) electrons. The molecule has 0 spiro atoms. The number of anilines is 1. The maximum atomic E-state index is 12.2. The minimum absolute atomic E-state index is 0.258. The van der Waals surface area contributed by atoms with Crippen LogP contribution < -0.4 is 5.32 Å². The number of hydrogen-bond donors (Lipinski definition) is 1. The molecule has 0 saturated carbocycles. The summed E-state index contributed by atoms with van der Waals surface area (Å²) in [6.45, 7) is 1.37. The Morgan fingerprint density at radius 1 is 1.56 bits per heavy atom. The van der Waals surface area contributed by atoms with Gasteiger partial charge in [-0.05, 0) is 30.5 Å². The number of carbonyl (C=O) groups excluding carboxylic acids is 2. The quantitative estimate of drug-likeness (QED) is 0.846. The minimum Gasteiger partial charge on any atom is -0.326 e. The standard InChI is InChI=1S/C13H11ClN2O2/c1-7(17)16-11-5-4-10(14)9-3-2-8(6-15)13(18)12(9)11/h4-5,8H,2-3H2,1H3,(H,16,17). The monoisotopic (exact) mass is 262 g/mol. The second-order valence-electron chi connectivity index (χ2n) is 4.21. The van der Waals surface area contributed by atoms with E-state index in [1.54, 1.807) is 12.1 Å². The van der Waals surface area contributed by atoms with Crippen molar-refractivity contribution >= 4 is 29.0 Å². The number of halogens is 1. The Morgan fingerprint density at radius 3 is 2.89 bits per heavy atom. The van der Waals surface area contributed by atoms with Gasteiger partial charge >= 0.3 is 0 Å². The summed E-state index contributed by atoms with van der Waals surface area (Å²) in [6, 6.07) is 5.25. The molecule has 0 heterocycles. The summed E-state index contributed by atoms with van der Waals surface area (Å²) in [7, 11) is 0. The summed E-state index contributed by atoms with van der Waals surface area (Å²) < 4.78 is 0. The zero-order valence-corrected chi connectivity index (χ0v) is 10.5. The first-order chi connectivity index (χ1) is 8.54. The number of rotatable bonds is 1. The molecule has 1 aromatic rings. The fourth-order valence-electron chi connectivity index (χ4n) is 2.16. The predicted molar refractivity (Wildman–Crippen MR) is 67.5 cm³/mol. The molecule has 18 heavy (non-hydrogen) atoms. The molecule has 4 nitrogen and oxygen atoms in total. The third-order valence-corrected chi connectivity index (χ3v) is 3.32. The van der Waals surface area contributed by atoms with E-state index in [0.29, 0.717) is 29.1 Å². The van der Waals surface area contributed by atoms with Crippen LogP contribution in [0.2, 0.25) is 5.02 Å². The topological polar surface area (TPSA) is 70.0 Å². The number of benzene rings is 1. The fourth-order valence-corrected chi connectivity index (χ4v) is 2.41. The maximum absolute atomic E-state index is 12.2. The number of nitrogens with one attached hydrogen (secondary N) is 1. The van der Waals surface area contributed by atoms with E-state index >= 15 is 0 Å². The summed E-state index contributed by atoms with van der Waals surface area (Å²) in [5.74, 6) is -1.17. The van der Waals surface area contributed by atoms with Crippen LogP contribution in [-0.2, 0) is 11.2 Å². The zero-order chi connectivity index (χ0) is 13.3. The third-order valence-electron chi connectivity index (χ3n) is 2.97. The summed E-state index contributed by atoms with van der Waals surface area (Å²) in [6.07, 6.45) is 1.05. The van der Waals surface area contributed by atoms with Gasteiger partial charge in [0.2, 0.25) is 5.91 Å². The minimum atomic E-state index is -0.650. The number of carbonyl (C=O) groups is 2. The van der Waals surface area contributed by atoms with E-state index in [9.17, 15) is 9.59 Å². The van der Waals surface area contributed by atoms with Crippen molar-refractivity contribution in [2.75, 3.05) is 5.32 Å². The van der Waals surface area contributed by atoms with Gasteiger partial charge in [0.05, 0.1) is 11.8 Å². The van der Waals surface area contributed by atoms with E-state index in [-0.39, 0.29) is 11.7 Å². The number of amides is 1. The molecule has 1 atom stereocenters. The molecule has 1 aliphatic rings. The van der Waals surface area contributed by atoms with Crippen LogP contribution in [-0.4, -0.2) is 11.7 Å². The van der Waals surface area contributed by atoms with Gasteiger partial charge in [-0.3, -0.25) is 9.59 Å². The van der Waals surface area contributed by atoms with Crippen LogP contribution in [0.5, 0.6) is 0 Å². The van der Waals surface area contributed by atoms with Crippen molar-refractivity contribution in [2.45, 2.75) is 19.8 Å². The average molecular weight is 263 g/mol. The van der Waals surface area contributed by atoms with Crippen molar-refractivity contribution in [2.24, 2.45) is 5.92 Å². The lowest BCUT2D eigenvalue weighted by molar-refractivity contribution is -0.114. The molecule has 2 rings (SSSR count). The number of nitrogens with zero attached hydrogens (tertiary/aromatic N) is 1. The predicted octanol–water partition coefficient (Wildman–Crippen LogP) is 2.57. The van der Waals surface area contributed by atoms with Crippen LogP contribution in [0.15, 0.2) is 12.1 Å². The zero-order valence-electron chi connectivity index (χ0n) is 9.79. The summed E-state index contributed by atoms with van der Waals surface area (Å²) in [5, 5.41) is 12.0. The Balaban J connectivity index is 2.57. The molecule has 1 amide bonds. The normalized spacial score (nSPS) is 17.8. The largest absolute Gasteiger partial charge is 0.326 e. The van der Waals surface area contributed by atoms with Gasteiger partial charge in [0, 0.05) is 17.5 Å². The van der Waals surface area contributed by atoms with Crippen molar-refractivity contribution in [1.82, 2.24) is 0 Å². The van der Waals surface area contributed by atoms with Gasteiger partial charge in [0.15, 0.2) is 5.78 Å². The third kappa shape index (κ3) is 2.09. The Kier molecular flexibility index (Phi) is 3.35. The van der Waals surface area contributed by atoms with E-state index in [2.05, 4.69) is 5.32 Å². The van der Waals surface area contributed by atoms with Gasteiger partial charge in [-0.25, -0.2) is 0 Å². The smallest absolute Gasteiger partial charge is 0.221 e. The molecule has 0 aliphatic heterocycles. The molecule has 1 aliphatic carbocycles. The highest BCUT2D eigenvalue weighted by Crippen LogP contribution is 2.35. The number of nitriles is 1. The van der Waals surface area contributed by atoms with E-state index < -0.39 is 5.92 Å². The van der Waals surface area contributed by atoms with Crippen molar-refractivity contribution in [3.05, 3.63) is 28.3 Å². The highest BCUT2D eigenvalue weighted by Gasteiger charge is 2.31. The van der Waals surface area contributed by atoms with Crippen LogP contribution in [0.3, 0.4) is 0 Å². The van der Waals surface area contributed by atoms with E-state index in [0.717, 1.165) is 5.56 Å². The van der Waals surface area contributed by atoms with E-state index in [1.165, 1.54) is 6.92 Å². The molecular weight excluding hydrogens is 252 g/mol. The first kappa shape index (κ1) is 12.6. The van der Waals surface area contributed by atoms with Crippen LogP contribution >= 0.6 is 11.6 Å². The van der Waals surface area contributed by atoms with Gasteiger partial charge in [-0.1, -0.05) is 11.6 Å². The Hall–Kier alpha value is -1.86. The van der Waals surface area contributed by atoms with Crippen LogP contribution in [0.25, 0.3) is 0 Å². The molecule has 0 fully saturated rings. The SMILES string of the molecule is CC(=O)Nc1ccc(Cl)c2c1C(=O)C(C#N)CC2. The van der Waals surface area contributed by atoms with E-state index in [4.69, 9.17) is 16.9 Å². The molecule has 0 saturated heterocycles. The highest BCUT2D eigenvalue weighted by atomic mass is 35.5. The molecule has 1 aromatic carbocycles. The Morgan fingerprint density at radius 2 is 2.28 bits per heavy atom. The molecule has 1 unspecified atom stereocenters. The van der Waals surface area contributed by atoms with E-state index in [1.807, 2.05) is 6.07 Å². The second-order valence-corrected chi connectivity index (χ2v) is 4.62. The molecular formula is C13H11ClN2O2. The molecule has 0 bridgehead atoms. The highest BCUT2D eigenvalue weighted by molar-refractivity contribution is 6.32. The molecule has 0 aromatic heterocycles. The Labute approximate surface area is 110 Å². The number of Topliss-reactive ketones (excluding diaryl/α,β-unsaturated/α-hetero) is 1. The molecule has 1 N–H and O–H groups in total. The Bertz CT molecular complexity index is 575. The molecule has 5 heteroatoms. The van der Waals surface area contributed by atoms with Gasteiger partial charge < -0.3 is 5.32 Å². The van der Waals surface area contributed by atoms with Crippen LogP contribution in [0.4, 0.5) is 5.69 Å². The molecule has 92 valence electrons. The summed E-state index contributed by atoms with van der Waals surface area (Å²) >= 11 is 6.06. The average Bonchev–Trinajstić information content (AvgIpc) is 2.32. The van der Waals surface area contributed by atoms with Crippen molar-refractivity contribution < 1.29 is 9.59 Å². The van der Waals surface area contributed by atoms with Crippen molar-refractivity contribution in [3.8, 4) is 6.07 Å². The lowest BCUT2D eigenvalue weighted by atomic mass is 9.82. The lowest BCUT2D eigenvalue weighted by Gasteiger charge is -2.22. The number of ketones is 1. The van der Waals surface area contributed by atoms with Crippen molar-refractivity contribution in [1.29, 1.82) is 5.26 Å². The second kappa shape index (κ2) is 4.79. The van der Waals surface area contributed by atoms with Crippen LogP contribution in [0, 0.1) is 17.2 Å². The summed E-state index contributed by atoms with van der Waals surface area (Å²) in [4.78, 5) is 23.3. The maximum Gasteiger partial charge on any atom is 0.221 e. The first-order valence-corrected chi connectivity index (χ1v) is 5.95. The fraction of sp³-hybridized carbons (Fsp3) is 0.308. The van der Waals surface area contributed by atoms with Gasteiger partial charge in [0.25, 0.3) is 0 Å². The lowest BCUT2D eigenvalue weighted by Crippen LogP contribution is -2.24. The summed E-state index contributed by atoms with van der Waals surface area (Å²) in [5.41, 5.74) is 1.54. The van der Waals surface area contributed by atoms with Gasteiger partial charge in [-0.15, -0.1) is 0 Å². The van der Waals surface area contributed by atoms with Crippen LogP contribution in [0.1, 0.15) is 29.3 Å². The van der Waals surface area contributed by atoms with Gasteiger partial charge in [-0.2, -0.15) is 5.26 Å². The number of fused-ring (bicyclic) bond motifs is 1. The van der Waals surface area contributed by atoms with Crippen molar-refractivity contribution in [3.63, 3.8) is 0 Å².